The van der Waals surface area contributed by atoms with Crippen molar-refractivity contribution in [1.82, 2.24) is 10.6 Å². The first kappa shape index (κ1) is 13.9. The van der Waals surface area contributed by atoms with Crippen molar-refractivity contribution in [3.05, 3.63) is 28.8 Å². The van der Waals surface area contributed by atoms with Gasteiger partial charge in [-0.25, -0.2) is 0 Å². The van der Waals surface area contributed by atoms with E-state index in [0.717, 1.165) is 11.3 Å². The van der Waals surface area contributed by atoms with Gasteiger partial charge in [-0.15, -0.1) is 0 Å². The predicted octanol–water partition coefficient (Wildman–Crippen LogP) is 1.68. The second kappa shape index (κ2) is 6.06. The average molecular weight is 262 g/mol. The van der Waals surface area contributed by atoms with E-state index < -0.39 is 0 Å². The zero-order valence-electron chi connectivity index (χ0n) is 11.9. The summed E-state index contributed by atoms with van der Waals surface area (Å²) in [6.45, 7) is 5.03. The Morgan fingerprint density at radius 3 is 2.63 bits per heavy atom. The number of nitrogens with one attached hydrogen (secondary N) is 2. The summed E-state index contributed by atoms with van der Waals surface area (Å²) in [5.74, 6) is 0.866. The summed E-state index contributed by atoms with van der Waals surface area (Å²) in [4.78, 5) is 11.7. The third-order valence-electron chi connectivity index (χ3n) is 3.50. The third kappa shape index (κ3) is 3.96. The Morgan fingerprint density at radius 1 is 1.32 bits per heavy atom. The van der Waals surface area contributed by atoms with E-state index in [9.17, 15) is 4.79 Å². The lowest BCUT2D eigenvalue weighted by Gasteiger charge is -2.13. The zero-order chi connectivity index (χ0) is 13.8. The number of rotatable bonds is 6. The van der Waals surface area contributed by atoms with Crippen LogP contribution < -0.4 is 15.4 Å². The minimum absolute atomic E-state index is 0.0344. The Kier molecular flexibility index (Phi) is 4.43. The van der Waals surface area contributed by atoms with Gasteiger partial charge in [0.1, 0.15) is 5.75 Å². The molecule has 1 aliphatic rings. The number of hydrogen-bond acceptors (Lipinski definition) is 3. The Morgan fingerprint density at radius 2 is 2.00 bits per heavy atom. The van der Waals surface area contributed by atoms with Gasteiger partial charge in [0, 0.05) is 18.2 Å². The minimum atomic E-state index is 0.0344. The van der Waals surface area contributed by atoms with Gasteiger partial charge in [-0.3, -0.25) is 4.79 Å². The van der Waals surface area contributed by atoms with Crippen LogP contribution in [0, 0.1) is 13.8 Å². The fraction of sp³-hybridized carbons (Fsp3) is 0.533. The summed E-state index contributed by atoms with van der Waals surface area (Å²) < 4.78 is 5.35. The van der Waals surface area contributed by atoms with Crippen LogP contribution in [0.1, 0.15) is 29.5 Å². The van der Waals surface area contributed by atoms with E-state index >= 15 is 0 Å². The molecule has 1 aromatic rings. The average Bonchev–Trinajstić information content (AvgIpc) is 3.21. The van der Waals surface area contributed by atoms with Crippen LogP contribution in [0.25, 0.3) is 0 Å². The van der Waals surface area contributed by atoms with Gasteiger partial charge < -0.3 is 15.4 Å². The largest absolute Gasteiger partial charge is 0.496 e. The summed E-state index contributed by atoms with van der Waals surface area (Å²) in [5.41, 5.74) is 3.42. The van der Waals surface area contributed by atoms with Crippen molar-refractivity contribution in [3.63, 3.8) is 0 Å². The summed E-state index contributed by atoms with van der Waals surface area (Å²) in [6, 6.07) is 4.64. The van der Waals surface area contributed by atoms with Gasteiger partial charge in [-0.1, -0.05) is 6.07 Å². The van der Waals surface area contributed by atoms with Gasteiger partial charge >= 0.3 is 0 Å². The van der Waals surface area contributed by atoms with Crippen LogP contribution in [0.15, 0.2) is 12.1 Å². The van der Waals surface area contributed by atoms with E-state index in [1.807, 2.05) is 6.07 Å². The fourth-order valence-electron chi connectivity index (χ4n) is 1.96. The number of amides is 1. The standard InChI is InChI=1S/C15H22N2O2/c1-10-6-12(14(19-3)7-11(10)2)8-17-15(18)9-16-13-4-5-13/h6-7,13,16H,4-5,8-9H2,1-3H3,(H,17,18). The molecule has 0 radical (unpaired) electrons. The van der Waals surface area contributed by atoms with Gasteiger partial charge in [-0.05, 0) is 43.9 Å². The Bertz CT molecular complexity index is 467. The van der Waals surface area contributed by atoms with Crippen LogP contribution in [-0.4, -0.2) is 25.6 Å². The van der Waals surface area contributed by atoms with Crippen molar-refractivity contribution in [2.45, 2.75) is 39.3 Å². The second-order valence-electron chi connectivity index (χ2n) is 5.18. The number of hydrogen-bond donors (Lipinski definition) is 2. The fourth-order valence-corrected chi connectivity index (χ4v) is 1.96. The first-order chi connectivity index (χ1) is 9.10. The molecule has 1 fully saturated rings. The van der Waals surface area contributed by atoms with Crippen LogP contribution in [0.5, 0.6) is 5.75 Å². The molecule has 104 valence electrons. The molecule has 1 saturated carbocycles. The van der Waals surface area contributed by atoms with E-state index in [2.05, 4.69) is 30.5 Å². The zero-order valence-corrected chi connectivity index (χ0v) is 11.9. The first-order valence-electron chi connectivity index (χ1n) is 6.74. The van der Waals surface area contributed by atoms with Gasteiger partial charge in [0.25, 0.3) is 0 Å². The molecule has 1 amide bonds. The molecule has 0 spiro atoms. The molecule has 0 unspecified atom stereocenters. The highest BCUT2D eigenvalue weighted by Gasteiger charge is 2.21. The Hall–Kier alpha value is -1.55. The second-order valence-corrected chi connectivity index (χ2v) is 5.18. The van der Waals surface area contributed by atoms with Crippen LogP contribution in [0.4, 0.5) is 0 Å². The number of aryl methyl sites for hydroxylation is 2. The summed E-state index contributed by atoms with van der Waals surface area (Å²) in [7, 11) is 1.66. The summed E-state index contributed by atoms with van der Waals surface area (Å²) in [6.07, 6.45) is 2.39. The highest BCUT2D eigenvalue weighted by atomic mass is 16.5. The maximum absolute atomic E-state index is 11.7. The topological polar surface area (TPSA) is 50.4 Å². The van der Waals surface area contributed by atoms with Crippen LogP contribution >= 0.6 is 0 Å². The van der Waals surface area contributed by atoms with E-state index in [0.29, 0.717) is 19.1 Å². The first-order valence-corrected chi connectivity index (χ1v) is 6.74. The van der Waals surface area contributed by atoms with Crippen molar-refractivity contribution in [3.8, 4) is 5.75 Å². The molecule has 1 aromatic carbocycles. The molecular weight excluding hydrogens is 240 g/mol. The van der Waals surface area contributed by atoms with Gasteiger partial charge in [0.05, 0.1) is 13.7 Å². The molecule has 2 rings (SSSR count). The molecule has 19 heavy (non-hydrogen) atoms. The molecule has 1 aliphatic carbocycles. The van der Waals surface area contributed by atoms with E-state index in [1.54, 1.807) is 7.11 Å². The normalized spacial score (nSPS) is 14.3. The molecule has 0 bridgehead atoms. The molecular formula is C15H22N2O2. The van der Waals surface area contributed by atoms with Gasteiger partial charge in [-0.2, -0.15) is 0 Å². The van der Waals surface area contributed by atoms with E-state index in [1.165, 1.54) is 24.0 Å². The smallest absolute Gasteiger partial charge is 0.234 e. The molecule has 0 atom stereocenters. The molecule has 4 nitrogen and oxygen atoms in total. The monoisotopic (exact) mass is 262 g/mol. The maximum atomic E-state index is 11.7. The van der Waals surface area contributed by atoms with Crippen molar-refractivity contribution < 1.29 is 9.53 Å². The highest BCUT2D eigenvalue weighted by molar-refractivity contribution is 5.78. The molecule has 4 heteroatoms. The third-order valence-corrected chi connectivity index (χ3v) is 3.50. The Balaban J connectivity index is 1.90. The minimum Gasteiger partial charge on any atom is -0.496 e. The van der Waals surface area contributed by atoms with Crippen molar-refractivity contribution in [1.29, 1.82) is 0 Å². The van der Waals surface area contributed by atoms with Crippen molar-refractivity contribution in [2.24, 2.45) is 0 Å². The summed E-state index contributed by atoms with van der Waals surface area (Å²) >= 11 is 0. The van der Waals surface area contributed by atoms with Crippen LogP contribution in [0.3, 0.4) is 0 Å². The number of benzene rings is 1. The molecule has 0 heterocycles. The quantitative estimate of drug-likeness (QED) is 0.820. The molecule has 0 saturated heterocycles. The van der Waals surface area contributed by atoms with Crippen LogP contribution in [0.2, 0.25) is 0 Å². The SMILES string of the molecule is COc1cc(C)c(C)cc1CNC(=O)CNC1CC1. The van der Waals surface area contributed by atoms with Gasteiger partial charge in [0.15, 0.2) is 0 Å². The van der Waals surface area contributed by atoms with Crippen molar-refractivity contribution >= 4 is 5.91 Å². The molecule has 0 aliphatic heterocycles. The van der Waals surface area contributed by atoms with Crippen LogP contribution in [-0.2, 0) is 11.3 Å². The number of carbonyl (C=O) groups excluding carboxylic acids is 1. The van der Waals surface area contributed by atoms with E-state index in [-0.39, 0.29) is 5.91 Å². The van der Waals surface area contributed by atoms with E-state index in [4.69, 9.17) is 4.74 Å². The number of carbonyl (C=O) groups is 1. The lowest BCUT2D eigenvalue weighted by molar-refractivity contribution is -0.120. The molecule has 2 N–H and O–H groups in total. The highest BCUT2D eigenvalue weighted by Crippen LogP contribution is 2.22. The number of ether oxygens (including phenoxy) is 1. The number of methoxy groups -OCH3 is 1. The maximum Gasteiger partial charge on any atom is 0.234 e. The molecule has 0 aromatic heterocycles. The lowest BCUT2D eigenvalue weighted by atomic mass is 10.0. The summed E-state index contributed by atoms with van der Waals surface area (Å²) in [5, 5.41) is 6.12. The van der Waals surface area contributed by atoms with Gasteiger partial charge in [0.2, 0.25) is 5.91 Å². The van der Waals surface area contributed by atoms with Crippen molar-refractivity contribution in [2.75, 3.05) is 13.7 Å². The lowest BCUT2D eigenvalue weighted by Crippen LogP contribution is -2.34. The Labute approximate surface area is 114 Å². The predicted molar refractivity (Wildman–Crippen MR) is 75.3 cm³/mol.